The van der Waals surface area contributed by atoms with Gasteiger partial charge in [-0.15, -0.1) is 0 Å². The molecule has 0 bridgehead atoms. The largest absolute Gasteiger partial charge is 0.394 e. The Kier molecular flexibility index (Phi) is 4.55. The second-order valence-electron chi connectivity index (χ2n) is 5.14. The Bertz CT molecular complexity index is 829. The third-order valence-electron chi connectivity index (χ3n) is 3.65. The molecule has 0 fully saturated rings. The molecule has 0 saturated carbocycles. The summed E-state index contributed by atoms with van der Waals surface area (Å²) in [7, 11) is 0. The van der Waals surface area contributed by atoms with E-state index in [4.69, 9.17) is 11.6 Å². The molecule has 23 heavy (non-hydrogen) atoms. The molecule has 0 spiro atoms. The first kappa shape index (κ1) is 15.5. The first-order valence-corrected chi connectivity index (χ1v) is 7.58. The highest BCUT2D eigenvalue weighted by atomic mass is 35.5. The predicted octanol–water partition coefficient (Wildman–Crippen LogP) is 3.35. The topological polar surface area (TPSA) is 62.2 Å². The van der Waals surface area contributed by atoms with Crippen molar-refractivity contribution >= 4 is 28.4 Å². The van der Waals surface area contributed by atoms with E-state index >= 15 is 0 Å². The van der Waals surface area contributed by atoms with E-state index < -0.39 is 6.04 Å². The van der Waals surface area contributed by atoms with Crippen molar-refractivity contribution in [2.24, 2.45) is 0 Å². The number of carbonyl (C=O) groups excluding carboxylic acids is 1. The predicted molar refractivity (Wildman–Crippen MR) is 90.5 cm³/mol. The van der Waals surface area contributed by atoms with E-state index in [-0.39, 0.29) is 12.5 Å². The van der Waals surface area contributed by atoms with E-state index in [1.807, 2.05) is 12.1 Å². The smallest absolute Gasteiger partial charge is 0.252 e. The second-order valence-corrected chi connectivity index (χ2v) is 5.57. The Morgan fingerprint density at radius 3 is 2.65 bits per heavy atom. The summed E-state index contributed by atoms with van der Waals surface area (Å²) in [6.45, 7) is -0.198. The highest BCUT2D eigenvalue weighted by molar-refractivity contribution is 6.30. The lowest BCUT2D eigenvalue weighted by Crippen LogP contribution is -2.30. The van der Waals surface area contributed by atoms with Gasteiger partial charge in [-0.25, -0.2) is 0 Å². The zero-order chi connectivity index (χ0) is 16.2. The monoisotopic (exact) mass is 326 g/mol. The van der Waals surface area contributed by atoms with Crippen LogP contribution >= 0.6 is 11.6 Å². The van der Waals surface area contributed by atoms with Gasteiger partial charge in [0.2, 0.25) is 0 Å². The van der Waals surface area contributed by atoms with E-state index in [1.54, 1.807) is 48.7 Å². The van der Waals surface area contributed by atoms with E-state index in [0.717, 1.165) is 16.5 Å². The van der Waals surface area contributed by atoms with Crippen LogP contribution in [0.3, 0.4) is 0 Å². The van der Waals surface area contributed by atoms with E-state index in [9.17, 15) is 9.90 Å². The Morgan fingerprint density at radius 2 is 1.91 bits per heavy atom. The molecule has 2 aromatic carbocycles. The first-order chi connectivity index (χ1) is 11.2. The summed E-state index contributed by atoms with van der Waals surface area (Å²) in [5.41, 5.74) is 2.08. The highest BCUT2D eigenvalue weighted by Gasteiger charge is 2.16. The van der Waals surface area contributed by atoms with Gasteiger partial charge >= 0.3 is 0 Å². The van der Waals surface area contributed by atoms with Crippen LogP contribution in [-0.4, -0.2) is 22.6 Å². The molecule has 2 N–H and O–H groups in total. The van der Waals surface area contributed by atoms with Gasteiger partial charge in [0, 0.05) is 22.2 Å². The minimum absolute atomic E-state index is 0.198. The van der Waals surface area contributed by atoms with Crippen LogP contribution in [-0.2, 0) is 0 Å². The number of aliphatic hydroxyl groups is 1. The molecular weight excluding hydrogens is 312 g/mol. The summed E-state index contributed by atoms with van der Waals surface area (Å²) in [4.78, 5) is 16.8. The van der Waals surface area contributed by atoms with E-state index in [0.29, 0.717) is 10.6 Å². The molecule has 1 unspecified atom stereocenters. The first-order valence-electron chi connectivity index (χ1n) is 7.20. The molecule has 0 aliphatic rings. The molecule has 116 valence electrons. The van der Waals surface area contributed by atoms with Crippen molar-refractivity contribution in [1.82, 2.24) is 10.3 Å². The number of halogens is 1. The van der Waals surface area contributed by atoms with Crippen molar-refractivity contribution in [2.45, 2.75) is 6.04 Å². The summed E-state index contributed by atoms with van der Waals surface area (Å²) < 4.78 is 0. The van der Waals surface area contributed by atoms with Crippen LogP contribution in [0.15, 0.2) is 60.8 Å². The number of amides is 1. The fourth-order valence-corrected chi connectivity index (χ4v) is 2.59. The zero-order valence-corrected chi connectivity index (χ0v) is 13.0. The summed E-state index contributed by atoms with van der Waals surface area (Å²) in [5.74, 6) is -0.252. The number of rotatable bonds is 4. The molecule has 3 rings (SSSR count). The van der Waals surface area contributed by atoms with Gasteiger partial charge in [0.25, 0.3) is 5.91 Å². The maximum absolute atomic E-state index is 12.6. The second kappa shape index (κ2) is 6.77. The van der Waals surface area contributed by atoms with Crippen molar-refractivity contribution in [2.75, 3.05) is 6.61 Å². The minimum atomic E-state index is -0.494. The number of carbonyl (C=O) groups is 1. The van der Waals surface area contributed by atoms with Crippen LogP contribution in [0.4, 0.5) is 0 Å². The molecule has 4 nitrogen and oxygen atoms in total. The lowest BCUT2D eigenvalue weighted by Gasteiger charge is -2.17. The average Bonchev–Trinajstić information content (AvgIpc) is 2.60. The minimum Gasteiger partial charge on any atom is -0.394 e. The van der Waals surface area contributed by atoms with Gasteiger partial charge in [-0.05, 0) is 35.9 Å². The fraction of sp³-hybridized carbons (Fsp3) is 0.111. The molecular formula is C18H15ClN2O2. The molecule has 0 saturated heterocycles. The summed E-state index contributed by atoms with van der Waals surface area (Å²) in [6, 6.07) is 15.6. The fourth-order valence-electron chi connectivity index (χ4n) is 2.47. The van der Waals surface area contributed by atoms with E-state index in [1.165, 1.54) is 0 Å². The maximum atomic E-state index is 12.6. The molecule has 0 aliphatic heterocycles. The number of nitrogens with zero attached hydrogens (tertiary/aromatic N) is 1. The number of pyridine rings is 1. The molecule has 0 radical (unpaired) electrons. The van der Waals surface area contributed by atoms with E-state index in [2.05, 4.69) is 10.3 Å². The summed E-state index contributed by atoms with van der Waals surface area (Å²) >= 11 is 5.87. The number of hydrogen-bond acceptors (Lipinski definition) is 3. The summed E-state index contributed by atoms with van der Waals surface area (Å²) in [5, 5.41) is 13.8. The van der Waals surface area contributed by atoms with Gasteiger partial charge in [0.15, 0.2) is 0 Å². The van der Waals surface area contributed by atoms with Gasteiger partial charge in [-0.3, -0.25) is 9.78 Å². The third-order valence-corrected chi connectivity index (χ3v) is 3.90. The van der Waals surface area contributed by atoms with Crippen LogP contribution in [0.25, 0.3) is 10.9 Å². The van der Waals surface area contributed by atoms with Crippen LogP contribution in [0.5, 0.6) is 0 Å². The van der Waals surface area contributed by atoms with Crippen molar-refractivity contribution in [3.05, 3.63) is 76.9 Å². The van der Waals surface area contributed by atoms with Crippen molar-refractivity contribution in [1.29, 1.82) is 0 Å². The Labute approximate surface area is 138 Å². The standard InChI is InChI=1S/C18H15ClN2O2/c19-13-8-6-12(7-9-13)17(11-22)21-18(23)15-3-1-5-16-14(15)4-2-10-20-16/h1-10,17,22H,11H2,(H,21,23). The maximum Gasteiger partial charge on any atom is 0.252 e. The quantitative estimate of drug-likeness (QED) is 0.773. The molecule has 3 aromatic rings. The van der Waals surface area contributed by atoms with Crippen molar-refractivity contribution in [3.63, 3.8) is 0 Å². The normalized spacial score (nSPS) is 12.1. The molecule has 1 atom stereocenters. The Morgan fingerprint density at radius 1 is 1.13 bits per heavy atom. The van der Waals surface area contributed by atoms with Crippen LogP contribution in [0.2, 0.25) is 5.02 Å². The average molecular weight is 327 g/mol. The van der Waals surface area contributed by atoms with Gasteiger partial charge < -0.3 is 10.4 Å². The number of nitrogens with one attached hydrogen (secondary N) is 1. The van der Waals surface area contributed by atoms with Crippen molar-refractivity contribution in [3.8, 4) is 0 Å². The highest BCUT2D eigenvalue weighted by Crippen LogP contribution is 2.20. The van der Waals surface area contributed by atoms with Gasteiger partial charge in [-0.1, -0.05) is 35.9 Å². The number of aliphatic hydroxyl groups excluding tert-OH is 1. The van der Waals surface area contributed by atoms with Crippen LogP contribution < -0.4 is 5.32 Å². The number of hydrogen-bond donors (Lipinski definition) is 2. The SMILES string of the molecule is O=C(NC(CO)c1ccc(Cl)cc1)c1cccc2ncccc12. The summed E-state index contributed by atoms with van der Waals surface area (Å²) in [6.07, 6.45) is 1.69. The number of fused-ring (bicyclic) bond motifs is 1. The molecule has 1 heterocycles. The van der Waals surface area contributed by atoms with Gasteiger partial charge in [0.05, 0.1) is 18.2 Å². The zero-order valence-electron chi connectivity index (χ0n) is 12.2. The van der Waals surface area contributed by atoms with Crippen LogP contribution in [0, 0.1) is 0 Å². The lowest BCUT2D eigenvalue weighted by molar-refractivity contribution is 0.0918. The van der Waals surface area contributed by atoms with Gasteiger partial charge in [-0.2, -0.15) is 0 Å². The molecule has 1 aromatic heterocycles. The molecule has 0 aliphatic carbocycles. The van der Waals surface area contributed by atoms with Gasteiger partial charge in [0.1, 0.15) is 0 Å². The number of aromatic nitrogens is 1. The molecule has 1 amide bonds. The Balaban J connectivity index is 1.88. The van der Waals surface area contributed by atoms with Crippen LogP contribution in [0.1, 0.15) is 22.0 Å². The lowest BCUT2D eigenvalue weighted by atomic mass is 10.0. The Hall–Kier alpha value is -2.43. The third kappa shape index (κ3) is 3.33. The molecule has 5 heteroatoms. The number of benzene rings is 2. The van der Waals surface area contributed by atoms with Crippen molar-refractivity contribution < 1.29 is 9.90 Å².